The van der Waals surface area contributed by atoms with Gasteiger partial charge in [-0.15, -0.1) is 0 Å². The van der Waals surface area contributed by atoms with E-state index >= 15 is 0 Å². The maximum absolute atomic E-state index is 11.8. The monoisotopic (exact) mass is 326 g/mol. The maximum Gasteiger partial charge on any atom is 0.232 e. The molecule has 0 aromatic carbocycles. The second-order valence-electron chi connectivity index (χ2n) is 5.31. The number of aromatic nitrogens is 1. The molecule has 7 nitrogen and oxygen atoms in total. The lowest BCUT2D eigenvalue weighted by atomic mass is 10.3. The summed E-state index contributed by atoms with van der Waals surface area (Å²) in [7, 11) is -3.29. The van der Waals surface area contributed by atoms with Gasteiger partial charge in [0.05, 0.1) is 17.6 Å². The summed E-state index contributed by atoms with van der Waals surface area (Å²) in [6, 6.07) is 3.52. The minimum Gasteiger partial charge on any atom is -0.353 e. The maximum atomic E-state index is 11.8. The van der Waals surface area contributed by atoms with Crippen LogP contribution in [0.5, 0.6) is 0 Å². The van der Waals surface area contributed by atoms with Crippen LogP contribution >= 0.6 is 0 Å². The van der Waals surface area contributed by atoms with Crippen molar-refractivity contribution in [3.63, 3.8) is 0 Å². The van der Waals surface area contributed by atoms with Crippen LogP contribution in [0.15, 0.2) is 18.3 Å². The van der Waals surface area contributed by atoms with E-state index < -0.39 is 10.0 Å². The summed E-state index contributed by atoms with van der Waals surface area (Å²) in [5.74, 6) is 0.917. The van der Waals surface area contributed by atoms with Crippen molar-refractivity contribution in [3.8, 4) is 0 Å². The molecule has 1 amide bonds. The summed E-state index contributed by atoms with van der Waals surface area (Å²) >= 11 is 0. The Kier molecular flexibility index (Phi) is 5.59. The standard InChI is InChI=1S/C14H22N4O3S/c1-2-3-10-22(20,21)16-13-4-5-14(15-11-13)18-8-6-17(12-19)7-9-18/h4-5,11-12,16H,2-3,6-10H2,1H3. The third-order valence-electron chi connectivity index (χ3n) is 3.58. The van der Waals surface area contributed by atoms with Gasteiger partial charge >= 0.3 is 0 Å². The molecule has 1 N–H and O–H groups in total. The van der Waals surface area contributed by atoms with Crippen LogP contribution in [0.1, 0.15) is 19.8 Å². The van der Waals surface area contributed by atoms with Gasteiger partial charge in [-0.1, -0.05) is 13.3 Å². The van der Waals surface area contributed by atoms with Gasteiger partial charge in [-0.3, -0.25) is 9.52 Å². The second-order valence-corrected chi connectivity index (χ2v) is 7.15. The highest BCUT2D eigenvalue weighted by Gasteiger charge is 2.17. The summed E-state index contributed by atoms with van der Waals surface area (Å²) in [6.07, 6.45) is 3.87. The Bertz CT molecular complexity index is 581. The topological polar surface area (TPSA) is 82.6 Å². The first kappa shape index (κ1) is 16.5. The van der Waals surface area contributed by atoms with Crippen LogP contribution in [-0.4, -0.2) is 56.6 Å². The molecule has 8 heteroatoms. The van der Waals surface area contributed by atoms with E-state index in [1.54, 1.807) is 17.0 Å². The number of amides is 1. The van der Waals surface area contributed by atoms with Gasteiger partial charge in [0, 0.05) is 26.2 Å². The molecule has 0 aliphatic carbocycles. The summed E-state index contributed by atoms with van der Waals surface area (Å²) in [4.78, 5) is 18.8. The number of rotatable bonds is 7. The number of pyridine rings is 1. The molecule has 0 radical (unpaired) electrons. The van der Waals surface area contributed by atoms with Crippen molar-refractivity contribution in [3.05, 3.63) is 18.3 Å². The smallest absolute Gasteiger partial charge is 0.232 e. The molecular weight excluding hydrogens is 304 g/mol. The van der Waals surface area contributed by atoms with E-state index in [1.165, 1.54) is 6.20 Å². The van der Waals surface area contributed by atoms with E-state index in [0.29, 0.717) is 25.2 Å². The first-order valence-corrected chi connectivity index (χ1v) is 9.10. The fourth-order valence-corrected chi connectivity index (χ4v) is 3.51. The average molecular weight is 326 g/mol. The van der Waals surface area contributed by atoms with Crippen LogP contribution in [0, 0.1) is 0 Å². The third-order valence-corrected chi connectivity index (χ3v) is 4.95. The van der Waals surface area contributed by atoms with Crippen molar-refractivity contribution in [1.82, 2.24) is 9.88 Å². The summed E-state index contributed by atoms with van der Waals surface area (Å²) in [5, 5.41) is 0. The zero-order chi connectivity index (χ0) is 16.0. The number of carbonyl (C=O) groups is 1. The lowest BCUT2D eigenvalue weighted by Crippen LogP contribution is -2.46. The Morgan fingerprint density at radius 1 is 1.27 bits per heavy atom. The van der Waals surface area contributed by atoms with Gasteiger partial charge in [0.15, 0.2) is 0 Å². The number of nitrogens with zero attached hydrogens (tertiary/aromatic N) is 3. The van der Waals surface area contributed by atoms with E-state index in [0.717, 1.165) is 31.7 Å². The normalized spacial score (nSPS) is 15.7. The Morgan fingerprint density at radius 3 is 2.55 bits per heavy atom. The molecule has 1 aliphatic rings. The molecule has 0 unspecified atom stereocenters. The van der Waals surface area contributed by atoms with Gasteiger partial charge in [0.25, 0.3) is 0 Å². The minimum absolute atomic E-state index is 0.124. The van der Waals surface area contributed by atoms with E-state index in [-0.39, 0.29) is 5.75 Å². The van der Waals surface area contributed by atoms with Gasteiger partial charge in [0.1, 0.15) is 5.82 Å². The summed E-state index contributed by atoms with van der Waals surface area (Å²) in [6.45, 7) is 4.77. The van der Waals surface area contributed by atoms with E-state index in [1.807, 2.05) is 6.92 Å². The fraction of sp³-hybridized carbons (Fsp3) is 0.571. The Hall–Kier alpha value is -1.83. The number of carbonyl (C=O) groups excluding carboxylic acids is 1. The van der Waals surface area contributed by atoms with Crippen molar-refractivity contribution in [2.75, 3.05) is 41.6 Å². The minimum atomic E-state index is -3.29. The van der Waals surface area contributed by atoms with Crippen LogP contribution < -0.4 is 9.62 Å². The molecule has 1 aliphatic heterocycles. The number of unbranched alkanes of at least 4 members (excludes halogenated alkanes) is 1. The average Bonchev–Trinajstić information content (AvgIpc) is 2.53. The summed E-state index contributed by atoms with van der Waals surface area (Å²) in [5.41, 5.74) is 0.478. The van der Waals surface area contributed by atoms with Crippen molar-refractivity contribution < 1.29 is 13.2 Å². The van der Waals surface area contributed by atoms with Gasteiger partial charge in [-0.25, -0.2) is 13.4 Å². The van der Waals surface area contributed by atoms with Gasteiger partial charge in [-0.2, -0.15) is 0 Å². The molecule has 2 heterocycles. The van der Waals surface area contributed by atoms with Crippen LogP contribution in [-0.2, 0) is 14.8 Å². The lowest BCUT2D eigenvalue weighted by molar-refractivity contribution is -0.118. The molecule has 1 saturated heterocycles. The fourth-order valence-electron chi connectivity index (χ4n) is 2.25. The molecule has 1 aromatic heterocycles. The van der Waals surface area contributed by atoms with Crippen LogP contribution in [0.4, 0.5) is 11.5 Å². The quantitative estimate of drug-likeness (QED) is 0.753. The van der Waals surface area contributed by atoms with Crippen LogP contribution in [0.3, 0.4) is 0 Å². The first-order valence-electron chi connectivity index (χ1n) is 7.45. The Labute approximate surface area is 131 Å². The Morgan fingerprint density at radius 2 is 2.00 bits per heavy atom. The molecule has 1 fully saturated rings. The Balaban J connectivity index is 1.94. The molecule has 0 bridgehead atoms. The molecule has 2 rings (SSSR count). The van der Waals surface area contributed by atoms with Crippen LogP contribution in [0.25, 0.3) is 0 Å². The molecule has 0 saturated carbocycles. The molecule has 122 valence electrons. The second kappa shape index (κ2) is 7.44. The van der Waals surface area contributed by atoms with Gasteiger partial charge in [-0.05, 0) is 18.6 Å². The zero-order valence-corrected chi connectivity index (χ0v) is 13.6. The number of nitrogens with one attached hydrogen (secondary N) is 1. The van der Waals surface area contributed by atoms with E-state index in [9.17, 15) is 13.2 Å². The highest BCUT2D eigenvalue weighted by atomic mass is 32.2. The molecular formula is C14H22N4O3S. The van der Waals surface area contributed by atoms with E-state index in [4.69, 9.17) is 0 Å². The molecule has 0 atom stereocenters. The third kappa shape index (κ3) is 4.59. The largest absolute Gasteiger partial charge is 0.353 e. The number of hydrogen-bond donors (Lipinski definition) is 1. The van der Waals surface area contributed by atoms with Gasteiger partial charge < -0.3 is 9.80 Å². The van der Waals surface area contributed by atoms with Crippen molar-refractivity contribution in [2.45, 2.75) is 19.8 Å². The predicted molar refractivity (Wildman–Crippen MR) is 86.4 cm³/mol. The number of anilines is 2. The van der Waals surface area contributed by atoms with Crippen molar-refractivity contribution in [2.24, 2.45) is 0 Å². The first-order chi connectivity index (χ1) is 10.5. The molecule has 1 aromatic rings. The number of hydrogen-bond acceptors (Lipinski definition) is 5. The molecule has 0 spiro atoms. The predicted octanol–water partition coefficient (Wildman–Crippen LogP) is 0.902. The van der Waals surface area contributed by atoms with Crippen molar-refractivity contribution in [1.29, 1.82) is 0 Å². The highest BCUT2D eigenvalue weighted by molar-refractivity contribution is 7.92. The van der Waals surface area contributed by atoms with E-state index in [2.05, 4.69) is 14.6 Å². The molecule has 22 heavy (non-hydrogen) atoms. The van der Waals surface area contributed by atoms with Crippen molar-refractivity contribution >= 4 is 27.9 Å². The van der Waals surface area contributed by atoms with Gasteiger partial charge in [0.2, 0.25) is 16.4 Å². The zero-order valence-electron chi connectivity index (χ0n) is 12.7. The van der Waals surface area contributed by atoms with Crippen LogP contribution in [0.2, 0.25) is 0 Å². The number of sulfonamides is 1. The summed E-state index contributed by atoms with van der Waals surface area (Å²) < 4.78 is 26.2. The number of piperazine rings is 1. The highest BCUT2D eigenvalue weighted by Crippen LogP contribution is 2.17. The lowest BCUT2D eigenvalue weighted by Gasteiger charge is -2.33. The SMILES string of the molecule is CCCCS(=O)(=O)Nc1ccc(N2CCN(C=O)CC2)nc1.